The van der Waals surface area contributed by atoms with E-state index in [1.165, 1.54) is 24.3 Å². The van der Waals surface area contributed by atoms with Crippen LogP contribution >= 0.6 is 0 Å². The molecule has 3 aromatic carbocycles. The van der Waals surface area contributed by atoms with Crippen LogP contribution in [0.1, 0.15) is 32.0 Å². The van der Waals surface area contributed by atoms with Gasteiger partial charge in [0.2, 0.25) is 5.78 Å². The number of furan rings is 1. The molecule has 4 rings (SSSR count). The molecule has 0 radical (unpaired) electrons. The molecule has 0 unspecified atom stereocenters. The predicted octanol–water partition coefficient (Wildman–Crippen LogP) is 5.18. The van der Waals surface area contributed by atoms with Crippen LogP contribution in [-0.2, 0) is 0 Å². The average molecular weight is 414 g/mol. The average Bonchev–Trinajstić information content (AvgIpc) is 3.16. The smallest absolute Gasteiger partial charge is 0.269 e. The first kappa shape index (κ1) is 20.0. The van der Waals surface area contributed by atoms with Crippen LogP contribution in [0.4, 0.5) is 11.4 Å². The lowest BCUT2D eigenvalue weighted by molar-refractivity contribution is -0.384. The van der Waals surface area contributed by atoms with Crippen LogP contribution in [0.2, 0.25) is 0 Å². The quantitative estimate of drug-likeness (QED) is 0.254. The molecular weight excluding hydrogens is 396 g/mol. The third kappa shape index (κ3) is 4.06. The monoisotopic (exact) mass is 414 g/mol. The summed E-state index contributed by atoms with van der Waals surface area (Å²) in [5.74, 6) is -0.433. The molecule has 154 valence electrons. The molecule has 0 amide bonds. The molecule has 1 heterocycles. The highest BCUT2D eigenvalue weighted by molar-refractivity contribution is 6.15. The Bertz CT molecular complexity index is 1290. The summed E-state index contributed by atoms with van der Waals surface area (Å²) in [7, 11) is 0. The molecular formula is C24H18N2O5. The molecule has 0 atom stereocenters. The highest BCUT2D eigenvalue weighted by Crippen LogP contribution is 2.32. The SMILES string of the molecule is Cc1ccc(C(=O)c2oc3ccccc3c2NCC(=O)c2ccc([N+](=O)[O-])cc2)cc1. The number of carbonyl (C=O) groups excluding carboxylic acids is 2. The number of aryl methyl sites for hydroxylation is 1. The van der Waals surface area contributed by atoms with Crippen LogP contribution in [0.5, 0.6) is 0 Å². The lowest BCUT2D eigenvalue weighted by Crippen LogP contribution is -2.15. The Hall–Kier alpha value is -4.26. The van der Waals surface area contributed by atoms with Gasteiger partial charge in [-0.05, 0) is 31.2 Å². The first-order chi connectivity index (χ1) is 14.9. The number of hydrogen-bond donors (Lipinski definition) is 1. The Kier molecular flexibility index (Phi) is 5.32. The number of nitro benzene ring substituents is 1. The number of fused-ring (bicyclic) bond motifs is 1. The zero-order chi connectivity index (χ0) is 22.0. The van der Waals surface area contributed by atoms with Crippen LogP contribution in [0.25, 0.3) is 11.0 Å². The summed E-state index contributed by atoms with van der Waals surface area (Å²) in [5, 5.41) is 14.5. The molecule has 0 saturated carbocycles. The van der Waals surface area contributed by atoms with E-state index in [1.807, 2.05) is 31.2 Å². The van der Waals surface area contributed by atoms with E-state index < -0.39 is 4.92 Å². The summed E-state index contributed by atoms with van der Waals surface area (Å²) in [6.45, 7) is 1.84. The van der Waals surface area contributed by atoms with Crippen molar-refractivity contribution in [1.82, 2.24) is 0 Å². The van der Waals surface area contributed by atoms with Crippen molar-refractivity contribution in [3.8, 4) is 0 Å². The van der Waals surface area contributed by atoms with Gasteiger partial charge in [0.1, 0.15) is 5.58 Å². The highest BCUT2D eigenvalue weighted by Gasteiger charge is 2.22. The number of para-hydroxylation sites is 1. The number of nitrogens with one attached hydrogen (secondary N) is 1. The number of nitrogens with zero attached hydrogens (tertiary/aromatic N) is 1. The van der Waals surface area contributed by atoms with Crippen molar-refractivity contribution in [3.05, 3.63) is 105 Å². The molecule has 0 saturated heterocycles. The Morgan fingerprint density at radius 2 is 1.58 bits per heavy atom. The van der Waals surface area contributed by atoms with Gasteiger partial charge in [-0.2, -0.15) is 0 Å². The number of anilines is 1. The number of hydrogen-bond acceptors (Lipinski definition) is 6. The summed E-state index contributed by atoms with van der Waals surface area (Å²) in [6.07, 6.45) is 0. The minimum Gasteiger partial charge on any atom is -0.450 e. The molecule has 0 spiro atoms. The molecule has 0 fully saturated rings. The van der Waals surface area contributed by atoms with Gasteiger partial charge >= 0.3 is 0 Å². The maximum atomic E-state index is 13.1. The molecule has 1 aromatic heterocycles. The van der Waals surface area contributed by atoms with Crippen LogP contribution < -0.4 is 5.32 Å². The summed E-state index contributed by atoms with van der Waals surface area (Å²) in [6, 6.07) is 19.7. The third-order valence-electron chi connectivity index (χ3n) is 4.94. The first-order valence-corrected chi connectivity index (χ1v) is 9.58. The molecule has 4 aromatic rings. The molecule has 7 nitrogen and oxygen atoms in total. The standard InChI is InChI=1S/C24H18N2O5/c1-15-6-8-17(9-7-15)23(28)24-22(19-4-2-3-5-21(19)31-24)25-14-20(27)16-10-12-18(13-11-16)26(29)30/h2-13,25H,14H2,1H3. The largest absolute Gasteiger partial charge is 0.450 e. The van der Waals surface area contributed by atoms with Crippen molar-refractivity contribution in [1.29, 1.82) is 0 Å². The van der Waals surface area contributed by atoms with Gasteiger partial charge < -0.3 is 9.73 Å². The van der Waals surface area contributed by atoms with E-state index in [9.17, 15) is 19.7 Å². The number of nitro groups is 1. The second-order valence-electron chi connectivity index (χ2n) is 7.08. The lowest BCUT2D eigenvalue weighted by Gasteiger charge is -2.07. The van der Waals surface area contributed by atoms with Crippen molar-refractivity contribution < 1.29 is 18.9 Å². The van der Waals surface area contributed by atoms with Crippen LogP contribution in [-0.4, -0.2) is 23.0 Å². The van der Waals surface area contributed by atoms with Gasteiger partial charge in [0.15, 0.2) is 11.5 Å². The van der Waals surface area contributed by atoms with E-state index in [1.54, 1.807) is 24.3 Å². The van der Waals surface area contributed by atoms with Crippen molar-refractivity contribution >= 4 is 33.9 Å². The zero-order valence-corrected chi connectivity index (χ0v) is 16.6. The topological polar surface area (TPSA) is 102 Å². The fourth-order valence-electron chi connectivity index (χ4n) is 3.26. The van der Waals surface area contributed by atoms with Gasteiger partial charge in [0, 0.05) is 28.6 Å². The number of ketones is 2. The molecule has 0 aliphatic rings. The van der Waals surface area contributed by atoms with E-state index in [0.717, 1.165) is 5.56 Å². The van der Waals surface area contributed by atoms with Gasteiger partial charge in [0.05, 0.1) is 17.2 Å². The minimum atomic E-state index is -0.521. The van der Waals surface area contributed by atoms with E-state index in [-0.39, 0.29) is 29.6 Å². The molecule has 0 aliphatic carbocycles. The van der Waals surface area contributed by atoms with Gasteiger partial charge in [0.25, 0.3) is 5.69 Å². The van der Waals surface area contributed by atoms with Crippen molar-refractivity contribution in [3.63, 3.8) is 0 Å². The van der Waals surface area contributed by atoms with E-state index in [4.69, 9.17) is 4.42 Å². The Labute approximate surface area is 177 Å². The maximum Gasteiger partial charge on any atom is 0.269 e. The van der Waals surface area contributed by atoms with Crippen molar-refractivity contribution in [2.24, 2.45) is 0 Å². The summed E-state index contributed by atoms with van der Waals surface area (Å²) < 4.78 is 5.83. The van der Waals surface area contributed by atoms with Gasteiger partial charge in [-0.15, -0.1) is 0 Å². The van der Waals surface area contributed by atoms with Crippen LogP contribution in [0, 0.1) is 17.0 Å². The molecule has 0 aliphatic heterocycles. The molecule has 1 N–H and O–H groups in total. The number of Topliss-reactive ketones (excluding diaryl/α,β-unsaturated/α-hetero) is 1. The third-order valence-corrected chi connectivity index (χ3v) is 4.94. The number of carbonyl (C=O) groups is 2. The van der Waals surface area contributed by atoms with Gasteiger partial charge in [-0.25, -0.2) is 0 Å². The van der Waals surface area contributed by atoms with Gasteiger partial charge in [-0.3, -0.25) is 19.7 Å². The van der Waals surface area contributed by atoms with Crippen LogP contribution in [0.15, 0.2) is 77.2 Å². The first-order valence-electron chi connectivity index (χ1n) is 9.58. The van der Waals surface area contributed by atoms with Crippen LogP contribution in [0.3, 0.4) is 0 Å². The second kappa shape index (κ2) is 8.23. The zero-order valence-electron chi connectivity index (χ0n) is 16.6. The molecule has 0 bridgehead atoms. The summed E-state index contributed by atoms with van der Waals surface area (Å²) >= 11 is 0. The normalized spacial score (nSPS) is 10.7. The highest BCUT2D eigenvalue weighted by atomic mass is 16.6. The van der Waals surface area contributed by atoms with E-state index in [2.05, 4.69) is 5.32 Å². The Morgan fingerprint density at radius 3 is 2.26 bits per heavy atom. The minimum absolute atomic E-state index is 0.0867. The van der Waals surface area contributed by atoms with Crippen molar-refractivity contribution in [2.45, 2.75) is 6.92 Å². The van der Waals surface area contributed by atoms with E-state index >= 15 is 0 Å². The fourth-order valence-corrected chi connectivity index (χ4v) is 3.26. The number of non-ortho nitro benzene ring substituents is 1. The Balaban J connectivity index is 1.62. The summed E-state index contributed by atoms with van der Waals surface area (Å²) in [4.78, 5) is 35.9. The predicted molar refractivity (Wildman–Crippen MR) is 117 cm³/mol. The van der Waals surface area contributed by atoms with Crippen molar-refractivity contribution in [2.75, 3.05) is 11.9 Å². The Morgan fingerprint density at radius 1 is 0.935 bits per heavy atom. The summed E-state index contributed by atoms with van der Waals surface area (Å²) in [5.41, 5.74) is 2.73. The molecule has 7 heteroatoms. The fraction of sp³-hybridized carbons (Fsp3) is 0.0833. The number of benzene rings is 3. The van der Waals surface area contributed by atoms with Gasteiger partial charge in [-0.1, -0.05) is 42.0 Å². The lowest BCUT2D eigenvalue weighted by atomic mass is 10.1. The second-order valence-corrected chi connectivity index (χ2v) is 7.08. The number of rotatable bonds is 7. The molecule has 31 heavy (non-hydrogen) atoms. The maximum absolute atomic E-state index is 13.1. The van der Waals surface area contributed by atoms with E-state index in [0.29, 0.717) is 27.8 Å².